The molecule has 0 aliphatic heterocycles. The van der Waals surface area contributed by atoms with Gasteiger partial charge < -0.3 is 10.1 Å². The van der Waals surface area contributed by atoms with E-state index in [1.165, 1.54) is 7.11 Å². The molecule has 1 aromatic rings. The first-order valence-electron chi connectivity index (χ1n) is 5.93. The standard InChI is InChI=1S/C13H13F4NO3/c1-21-12(20)5-4-11(19)18-7-8-2-3-10(14)9(6-8)13(15,16)17/h2-3,6H,4-5,7H2,1H3,(H,18,19). The van der Waals surface area contributed by atoms with E-state index in [2.05, 4.69) is 10.1 Å². The summed E-state index contributed by atoms with van der Waals surface area (Å²) < 4.78 is 54.9. The molecule has 0 fully saturated rings. The predicted molar refractivity (Wildman–Crippen MR) is 64.5 cm³/mol. The van der Waals surface area contributed by atoms with Crippen LogP contribution in [-0.2, 0) is 27.0 Å². The Bertz CT molecular complexity index is 529. The molecule has 0 atom stereocenters. The molecule has 0 heterocycles. The first-order valence-corrected chi connectivity index (χ1v) is 5.93. The zero-order chi connectivity index (χ0) is 16.0. The minimum absolute atomic E-state index is 0.107. The van der Waals surface area contributed by atoms with Crippen molar-refractivity contribution in [2.24, 2.45) is 0 Å². The number of carbonyl (C=O) groups excluding carboxylic acids is 2. The van der Waals surface area contributed by atoms with Crippen molar-refractivity contribution in [2.45, 2.75) is 25.6 Å². The Hall–Kier alpha value is -2.12. The van der Waals surface area contributed by atoms with Gasteiger partial charge in [0.2, 0.25) is 5.91 Å². The Kier molecular flexibility index (Phi) is 5.69. The summed E-state index contributed by atoms with van der Waals surface area (Å²) >= 11 is 0. The molecule has 0 bridgehead atoms. The number of carbonyl (C=O) groups is 2. The Morgan fingerprint density at radius 3 is 2.48 bits per heavy atom. The topological polar surface area (TPSA) is 55.4 Å². The van der Waals surface area contributed by atoms with Gasteiger partial charge in [0.15, 0.2) is 0 Å². The molecular formula is C13H13F4NO3. The fraction of sp³-hybridized carbons (Fsp3) is 0.385. The molecular weight excluding hydrogens is 294 g/mol. The van der Waals surface area contributed by atoms with Crippen LogP contribution < -0.4 is 5.32 Å². The predicted octanol–water partition coefficient (Wildman–Crippen LogP) is 2.41. The maximum absolute atomic E-state index is 13.1. The van der Waals surface area contributed by atoms with Crippen molar-refractivity contribution in [3.8, 4) is 0 Å². The maximum atomic E-state index is 13.1. The molecule has 0 aliphatic carbocycles. The van der Waals surface area contributed by atoms with Gasteiger partial charge in [-0.3, -0.25) is 9.59 Å². The molecule has 0 spiro atoms. The maximum Gasteiger partial charge on any atom is 0.419 e. The highest BCUT2D eigenvalue weighted by atomic mass is 19.4. The van der Waals surface area contributed by atoms with Crippen LogP contribution in [0.15, 0.2) is 18.2 Å². The molecule has 0 saturated heterocycles. The molecule has 21 heavy (non-hydrogen) atoms. The van der Waals surface area contributed by atoms with Crippen LogP contribution in [0.4, 0.5) is 17.6 Å². The van der Waals surface area contributed by atoms with Gasteiger partial charge in [-0.2, -0.15) is 13.2 Å². The zero-order valence-corrected chi connectivity index (χ0v) is 11.1. The number of ether oxygens (including phenoxy) is 1. The van der Waals surface area contributed by atoms with Gasteiger partial charge in [0.05, 0.1) is 19.1 Å². The summed E-state index contributed by atoms with van der Waals surface area (Å²) in [4.78, 5) is 22.2. The van der Waals surface area contributed by atoms with E-state index in [0.717, 1.165) is 6.07 Å². The molecule has 1 rings (SSSR count). The zero-order valence-electron chi connectivity index (χ0n) is 11.1. The molecule has 8 heteroatoms. The van der Waals surface area contributed by atoms with Gasteiger partial charge >= 0.3 is 12.1 Å². The van der Waals surface area contributed by atoms with Crippen molar-refractivity contribution in [1.29, 1.82) is 0 Å². The lowest BCUT2D eigenvalue weighted by atomic mass is 10.1. The Morgan fingerprint density at radius 1 is 1.24 bits per heavy atom. The number of alkyl halides is 3. The fourth-order valence-electron chi connectivity index (χ4n) is 1.51. The van der Waals surface area contributed by atoms with Crippen LogP contribution in [0, 0.1) is 5.82 Å². The molecule has 4 nitrogen and oxygen atoms in total. The van der Waals surface area contributed by atoms with E-state index < -0.39 is 29.4 Å². The molecule has 0 radical (unpaired) electrons. The van der Waals surface area contributed by atoms with E-state index in [1.54, 1.807) is 0 Å². The number of esters is 1. The first-order chi connectivity index (χ1) is 9.74. The molecule has 0 saturated carbocycles. The molecule has 116 valence electrons. The lowest BCUT2D eigenvalue weighted by Gasteiger charge is -2.10. The van der Waals surface area contributed by atoms with E-state index in [-0.39, 0.29) is 24.9 Å². The molecule has 0 aromatic heterocycles. The van der Waals surface area contributed by atoms with E-state index in [1.807, 2.05) is 0 Å². The summed E-state index contributed by atoms with van der Waals surface area (Å²) in [5, 5.41) is 2.34. The summed E-state index contributed by atoms with van der Waals surface area (Å²) in [7, 11) is 1.18. The van der Waals surface area contributed by atoms with Crippen molar-refractivity contribution < 1.29 is 31.9 Å². The van der Waals surface area contributed by atoms with E-state index in [0.29, 0.717) is 12.1 Å². The minimum atomic E-state index is -4.80. The second-order valence-corrected chi connectivity index (χ2v) is 4.16. The number of halogens is 4. The highest BCUT2D eigenvalue weighted by Crippen LogP contribution is 2.31. The monoisotopic (exact) mass is 307 g/mol. The lowest BCUT2D eigenvalue weighted by molar-refractivity contribution is -0.142. The van der Waals surface area contributed by atoms with E-state index in [9.17, 15) is 27.2 Å². The first kappa shape index (κ1) is 16.9. The molecule has 0 aliphatic rings. The van der Waals surface area contributed by atoms with E-state index in [4.69, 9.17) is 0 Å². The second kappa shape index (κ2) is 7.05. The molecule has 1 N–H and O–H groups in total. The van der Waals surface area contributed by atoms with Gasteiger partial charge in [-0.1, -0.05) is 6.07 Å². The van der Waals surface area contributed by atoms with Gasteiger partial charge in [0.25, 0.3) is 0 Å². The number of hydrogen-bond donors (Lipinski definition) is 1. The average molecular weight is 307 g/mol. The number of nitrogens with one attached hydrogen (secondary N) is 1. The van der Waals surface area contributed by atoms with Crippen molar-refractivity contribution in [3.63, 3.8) is 0 Å². The molecule has 1 amide bonds. The van der Waals surface area contributed by atoms with Crippen molar-refractivity contribution in [3.05, 3.63) is 35.1 Å². The van der Waals surface area contributed by atoms with Crippen LogP contribution >= 0.6 is 0 Å². The third-order valence-corrected chi connectivity index (χ3v) is 2.61. The van der Waals surface area contributed by atoms with Gasteiger partial charge in [0.1, 0.15) is 5.82 Å². The third-order valence-electron chi connectivity index (χ3n) is 2.61. The SMILES string of the molecule is COC(=O)CCC(=O)NCc1ccc(F)c(C(F)(F)F)c1. The van der Waals surface area contributed by atoms with E-state index >= 15 is 0 Å². The number of rotatable bonds is 5. The third kappa shape index (κ3) is 5.41. The van der Waals surface area contributed by atoms with Crippen LogP contribution in [0.3, 0.4) is 0 Å². The average Bonchev–Trinajstić information content (AvgIpc) is 2.42. The summed E-state index contributed by atoms with van der Waals surface area (Å²) in [5.41, 5.74) is -1.28. The van der Waals surface area contributed by atoms with Crippen LogP contribution in [0.2, 0.25) is 0 Å². The second-order valence-electron chi connectivity index (χ2n) is 4.16. The number of methoxy groups -OCH3 is 1. The van der Waals surface area contributed by atoms with Crippen LogP contribution in [-0.4, -0.2) is 19.0 Å². The quantitative estimate of drug-likeness (QED) is 0.671. The van der Waals surface area contributed by atoms with Gasteiger partial charge in [-0.05, 0) is 17.7 Å². The molecule has 1 aromatic carbocycles. The van der Waals surface area contributed by atoms with Gasteiger partial charge in [-0.15, -0.1) is 0 Å². The van der Waals surface area contributed by atoms with Crippen molar-refractivity contribution in [2.75, 3.05) is 7.11 Å². The Balaban J connectivity index is 2.60. The highest BCUT2D eigenvalue weighted by molar-refractivity contribution is 5.81. The molecule has 0 unspecified atom stereocenters. The largest absolute Gasteiger partial charge is 0.469 e. The van der Waals surface area contributed by atoms with Crippen molar-refractivity contribution in [1.82, 2.24) is 5.32 Å². The lowest BCUT2D eigenvalue weighted by Crippen LogP contribution is -2.23. The number of hydrogen-bond acceptors (Lipinski definition) is 3. The number of amides is 1. The van der Waals surface area contributed by atoms with Crippen LogP contribution in [0.1, 0.15) is 24.0 Å². The number of benzene rings is 1. The van der Waals surface area contributed by atoms with Crippen LogP contribution in [0.5, 0.6) is 0 Å². The summed E-state index contributed by atoms with van der Waals surface area (Å²) in [6.07, 6.45) is -5.06. The summed E-state index contributed by atoms with van der Waals surface area (Å²) in [6.45, 7) is -0.191. The van der Waals surface area contributed by atoms with Gasteiger partial charge in [-0.25, -0.2) is 4.39 Å². The van der Waals surface area contributed by atoms with Crippen LogP contribution in [0.25, 0.3) is 0 Å². The normalized spacial score (nSPS) is 11.1. The fourth-order valence-corrected chi connectivity index (χ4v) is 1.51. The minimum Gasteiger partial charge on any atom is -0.469 e. The summed E-state index contributed by atoms with van der Waals surface area (Å²) in [5.74, 6) is -2.45. The van der Waals surface area contributed by atoms with Crippen molar-refractivity contribution >= 4 is 11.9 Å². The van der Waals surface area contributed by atoms with Gasteiger partial charge in [0, 0.05) is 13.0 Å². The Labute approximate surface area is 118 Å². The highest BCUT2D eigenvalue weighted by Gasteiger charge is 2.34. The summed E-state index contributed by atoms with van der Waals surface area (Å²) in [6, 6.07) is 2.47. The Morgan fingerprint density at radius 2 is 1.90 bits per heavy atom. The smallest absolute Gasteiger partial charge is 0.419 e.